The molecule has 13 heteroatoms. The van der Waals surface area contributed by atoms with Gasteiger partial charge < -0.3 is 29.7 Å². The maximum atomic E-state index is 14.2. The molecular formula is C35H39Cl2N3O7S. The van der Waals surface area contributed by atoms with E-state index in [1.165, 1.54) is 13.1 Å². The van der Waals surface area contributed by atoms with Crippen molar-refractivity contribution in [2.24, 2.45) is 0 Å². The van der Waals surface area contributed by atoms with E-state index >= 15 is 0 Å². The van der Waals surface area contributed by atoms with Gasteiger partial charge in [-0.15, -0.1) is 0 Å². The molecule has 1 saturated heterocycles. The van der Waals surface area contributed by atoms with Crippen molar-refractivity contribution in [3.8, 4) is 0 Å². The molecule has 2 heterocycles. The van der Waals surface area contributed by atoms with E-state index in [4.69, 9.17) is 32.7 Å². The van der Waals surface area contributed by atoms with Gasteiger partial charge in [0.15, 0.2) is 12.2 Å². The van der Waals surface area contributed by atoms with Crippen molar-refractivity contribution in [1.29, 1.82) is 0 Å². The van der Waals surface area contributed by atoms with Gasteiger partial charge in [0.2, 0.25) is 0 Å². The summed E-state index contributed by atoms with van der Waals surface area (Å²) in [6.07, 6.45) is 5.20. The summed E-state index contributed by atoms with van der Waals surface area (Å²) in [5, 5.41) is 15.0. The van der Waals surface area contributed by atoms with Crippen LogP contribution < -0.4 is 5.32 Å². The maximum Gasteiger partial charge on any atom is 0.344 e. The van der Waals surface area contributed by atoms with Crippen molar-refractivity contribution in [3.63, 3.8) is 0 Å². The average molecular weight is 717 g/mol. The minimum atomic E-state index is -1.62. The van der Waals surface area contributed by atoms with Crippen LogP contribution in [-0.2, 0) is 34.7 Å². The highest BCUT2D eigenvalue weighted by Crippen LogP contribution is 2.48. The molecule has 0 aromatic heterocycles. The molecule has 2 aromatic rings. The summed E-state index contributed by atoms with van der Waals surface area (Å²) >= 11 is 13.6. The van der Waals surface area contributed by atoms with Crippen LogP contribution in [0.2, 0.25) is 10.0 Å². The van der Waals surface area contributed by atoms with Crippen LogP contribution in [0.1, 0.15) is 50.0 Å². The van der Waals surface area contributed by atoms with Crippen LogP contribution in [0.15, 0.2) is 82.4 Å². The number of esters is 2. The summed E-state index contributed by atoms with van der Waals surface area (Å²) in [6.45, 7) is 1.58. The Morgan fingerprint density at radius 3 is 2.42 bits per heavy atom. The number of hydrogen-bond donors (Lipinski definition) is 2. The lowest BCUT2D eigenvalue weighted by Crippen LogP contribution is -2.55. The smallest absolute Gasteiger partial charge is 0.344 e. The number of nitrogens with zero attached hydrogens (tertiary/aromatic N) is 2. The summed E-state index contributed by atoms with van der Waals surface area (Å²) in [5.41, 5.74) is -0.148. The van der Waals surface area contributed by atoms with Crippen molar-refractivity contribution < 1.29 is 33.2 Å². The monoisotopic (exact) mass is 715 g/mol. The number of benzene rings is 2. The molecule has 5 rings (SSSR count). The van der Waals surface area contributed by atoms with Crippen LogP contribution in [0.4, 0.5) is 0 Å². The Morgan fingerprint density at radius 1 is 1.08 bits per heavy atom. The lowest BCUT2D eigenvalue weighted by atomic mass is 9.80. The van der Waals surface area contributed by atoms with Gasteiger partial charge in [-0.2, -0.15) is 0 Å². The van der Waals surface area contributed by atoms with Gasteiger partial charge in [-0.3, -0.25) is 4.21 Å². The van der Waals surface area contributed by atoms with Gasteiger partial charge in [0.25, 0.3) is 0 Å². The summed E-state index contributed by atoms with van der Waals surface area (Å²) in [4.78, 5) is 43.6. The van der Waals surface area contributed by atoms with Gasteiger partial charge in [0, 0.05) is 58.9 Å². The first kappa shape index (κ1) is 35.9. The molecule has 0 amide bonds. The van der Waals surface area contributed by atoms with Crippen LogP contribution >= 0.6 is 23.2 Å². The minimum Gasteiger partial charge on any atom is -0.466 e. The number of aliphatic hydroxyl groups is 1. The van der Waals surface area contributed by atoms with Crippen molar-refractivity contribution in [2.75, 3.05) is 39.5 Å². The van der Waals surface area contributed by atoms with Gasteiger partial charge in [-0.25, -0.2) is 14.4 Å². The van der Waals surface area contributed by atoms with E-state index < -0.39 is 34.3 Å². The highest BCUT2D eigenvalue weighted by Gasteiger charge is 2.47. The zero-order valence-electron chi connectivity index (χ0n) is 26.9. The van der Waals surface area contributed by atoms with Gasteiger partial charge in [-0.05, 0) is 49.9 Å². The second kappa shape index (κ2) is 15.8. The normalized spacial score (nSPS) is 21.5. The molecule has 256 valence electrons. The van der Waals surface area contributed by atoms with E-state index in [2.05, 4.69) is 10.2 Å². The molecule has 1 saturated carbocycles. The second-order valence-electron chi connectivity index (χ2n) is 12.2. The first-order valence-electron chi connectivity index (χ1n) is 15.9. The van der Waals surface area contributed by atoms with Crippen molar-refractivity contribution in [3.05, 3.63) is 93.1 Å². The molecule has 0 spiro atoms. The molecule has 1 aliphatic carbocycles. The highest BCUT2D eigenvalue weighted by atomic mass is 35.5. The zero-order chi connectivity index (χ0) is 34.4. The van der Waals surface area contributed by atoms with Gasteiger partial charge in [0.05, 0.1) is 46.3 Å². The molecule has 10 nitrogen and oxygen atoms in total. The van der Waals surface area contributed by atoms with Crippen LogP contribution in [0.3, 0.4) is 0 Å². The van der Waals surface area contributed by atoms with Crippen LogP contribution in [0.25, 0.3) is 0 Å². The standard InChI is InChI=1S/C35H39Cl2N3O7S/c1-39-27(22-48(45)24-9-4-3-5-10-24)29(33(42)46-2)30(28-25(36)11-8-12-26(28)37)31(34(43)47-20-19-41)32(39)40-18-17-38-21-23(40)13-16-35(44)14-6-7-15-35/h3-5,8-12,20,23,30,38,44H,6-7,13-18,21-22H2,1-2H3. The van der Waals surface area contributed by atoms with E-state index in [1.807, 2.05) is 6.07 Å². The number of ether oxygens (including phenoxy) is 2. The lowest BCUT2D eigenvalue weighted by Gasteiger charge is -2.47. The molecule has 2 fully saturated rings. The molecule has 3 aliphatic rings. The Kier molecular flexibility index (Phi) is 11.8. The number of carbonyl (C=O) groups excluding carboxylic acids is 3. The van der Waals surface area contributed by atoms with Gasteiger partial charge >= 0.3 is 11.9 Å². The highest BCUT2D eigenvalue weighted by molar-refractivity contribution is 7.85. The number of nitrogens with one attached hydrogen (secondary N) is 1. The molecule has 3 unspecified atom stereocenters. The van der Waals surface area contributed by atoms with Crippen molar-refractivity contribution >= 4 is 51.9 Å². The number of carbonyl (C=O) groups is 2. The predicted octanol–water partition coefficient (Wildman–Crippen LogP) is 4.72. The number of piperazine rings is 1. The minimum absolute atomic E-state index is 0.000113. The van der Waals surface area contributed by atoms with Gasteiger partial charge in [-0.1, -0.05) is 60.3 Å². The molecular weight excluding hydrogens is 677 g/mol. The topological polar surface area (TPSA) is 125 Å². The fraction of sp³-hybridized carbons (Fsp3) is 0.429. The summed E-state index contributed by atoms with van der Waals surface area (Å²) in [6, 6.07) is 13.5. The lowest BCUT2D eigenvalue weighted by molar-refractivity contribution is -0.136. The fourth-order valence-electron chi connectivity index (χ4n) is 7.02. The summed E-state index contributed by atoms with van der Waals surface area (Å²) in [5.74, 6) is -1.17. The number of halogens is 2. The number of methoxy groups -OCH3 is 1. The van der Waals surface area contributed by atoms with E-state index in [1.54, 1.807) is 54.4 Å². The van der Waals surface area contributed by atoms with Crippen LogP contribution in [-0.4, -0.2) is 88.2 Å². The molecule has 3 atom stereocenters. The zero-order valence-corrected chi connectivity index (χ0v) is 29.2. The van der Waals surface area contributed by atoms with E-state index in [9.17, 15) is 23.7 Å². The Bertz CT molecular complexity index is 1650. The van der Waals surface area contributed by atoms with E-state index in [-0.39, 0.29) is 38.5 Å². The van der Waals surface area contributed by atoms with Gasteiger partial charge in [0.1, 0.15) is 5.82 Å². The quantitative estimate of drug-likeness (QED) is 0.192. The van der Waals surface area contributed by atoms with Crippen LogP contribution in [0, 0.1) is 0 Å². The van der Waals surface area contributed by atoms with E-state index in [0.29, 0.717) is 55.2 Å². The van der Waals surface area contributed by atoms with Crippen LogP contribution in [0.5, 0.6) is 0 Å². The third-order valence-electron chi connectivity index (χ3n) is 9.35. The average Bonchev–Trinajstić information content (AvgIpc) is 3.53. The van der Waals surface area contributed by atoms with Crippen molar-refractivity contribution in [1.82, 2.24) is 15.1 Å². The molecule has 0 bridgehead atoms. The largest absolute Gasteiger partial charge is 0.466 e. The first-order valence-corrected chi connectivity index (χ1v) is 17.9. The Balaban J connectivity index is 1.75. The second-order valence-corrected chi connectivity index (χ2v) is 14.4. The Labute approximate surface area is 292 Å². The molecule has 2 N–H and O–H groups in total. The fourth-order valence-corrected chi connectivity index (χ4v) is 8.86. The molecule has 0 radical (unpaired) electrons. The Morgan fingerprint density at radius 2 is 1.77 bits per heavy atom. The molecule has 2 aliphatic heterocycles. The SMILES string of the molecule is COC(=O)C1=C(CS(=O)c2ccccc2)N(C)C(N2CCNCC2CCC2(O)CCCC2)=C(C(=O)OC=C=O)C1c1c(Cl)cccc1Cl. The predicted molar refractivity (Wildman–Crippen MR) is 183 cm³/mol. The first-order chi connectivity index (χ1) is 23.1. The number of rotatable bonds is 11. The maximum absolute atomic E-state index is 14.2. The Hall–Kier alpha value is -3.44. The number of hydrogen-bond acceptors (Lipinski definition) is 10. The summed E-state index contributed by atoms with van der Waals surface area (Å²) < 4.78 is 24.5. The molecule has 2 aromatic carbocycles. The summed E-state index contributed by atoms with van der Waals surface area (Å²) in [7, 11) is 1.30. The third kappa shape index (κ3) is 7.57. The van der Waals surface area contributed by atoms with E-state index in [0.717, 1.165) is 25.7 Å². The third-order valence-corrected chi connectivity index (χ3v) is 11.3. The van der Waals surface area contributed by atoms with Crippen molar-refractivity contribution in [2.45, 2.75) is 61.0 Å². The molecule has 48 heavy (non-hydrogen) atoms.